The lowest BCUT2D eigenvalue weighted by Gasteiger charge is -2.20. The van der Waals surface area contributed by atoms with Crippen molar-refractivity contribution < 1.29 is 19.0 Å². The first-order chi connectivity index (χ1) is 14.3. The van der Waals surface area contributed by atoms with Gasteiger partial charge in [0.1, 0.15) is 11.3 Å². The summed E-state index contributed by atoms with van der Waals surface area (Å²) in [6.07, 6.45) is 1.21. The number of anilines is 1. The monoisotopic (exact) mass is 412 g/mol. The van der Waals surface area contributed by atoms with Gasteiger partial charge in [0.2, 0.25) is 5.43 Å². The molecule has 1 aromatic carbocycles. The molecule has 0 aliphatic carbocycles. The predicted molar refractivity (Wildman–Crippen MR) is 110 cm³/mol. The SMILES string of the molecule is COc1ccc(-n2cc(C(=O)O)c(=O)c3cc(F)c(N4C[C@@H](C)[C@H](N)C4)nc32)cc1. The fourth-order valence-corrected chi connectivity index (χ4v) is 3.69. The number of carbonyl (C=O) groups is 1. The molecule has 4 rings (SSSR count). The van der Waals surface area contributed by atoms with Crippen LogP contribution < -0.4 is 20.8 Å². The van der Waals surface area contributed by atoms with Crippen LogP contribution in [0.1, 0.15) is 17.3 Å². The average Bonchev–Trinajstić information content (AvgIpc) is 3.06. The van der Waals surface area contributed by atoms with Crippen LogP contribution in [0.5, 0.6) is 5.75 Å². The Morgan fingerprint density at radius 3 is 2.57 bits per heavy atom. The third kappa shape index (κ3) is 3.26. The van der Waals surface area contributed by atoms with Crippen molar-refractivity contribution in [1.82, 2.24) is 9.55 Å². The van der Waals surface area contributed by atoms with E-state index in [1.165, 1.54) is 17.9 Å². The highest BCUT2D eigenvalue weighted by Crippen LogP contribution is 2.27. The van der Waals surface area contributed by atoms with Crippen molar-refractivity contribution in [1.29, 1.82) is 0 Å². The maximum atomic E-state index is 14.9. The van der Waals surface area contributed by atoms with Gasteiger partial charge in [0.25, 0.3) is 0 Å². The van der Waals surface area contributed by atoms with E-state index in [0.717, 1.165) is 6.07 Å². The molecule has 9 heteroatoms. The average molecular weight is 412 g/mol. The van der Waals surface area contributed by atoms with E-state index in [0.29, 0.717) is 24.5 Å². The van der Waals surface area contributed by atoms with Crippen LogP contribution in [0.15, 0.2) is 41.3 Å². The van der Waals surface area contributed by atoms with E-state index in [1.54, 1.807) is 29.2 Å². The maximum Gasteiger partial charge on any atom is 0.341 e. The minimum Gasteiger partial charge on any atom is -0.497 e. The number of carboxylic acids is 1. The Morgan fingerprint density at radius 2 is 2.00 bits per heavy atom. The highest BCUT2D eigenvalue weighted by Gasteiger charge is 2.30. The maximum absolute atomic E-state index is 14.9. The van der Waals surface area contributed by atoms with Crippen LogP contribution in [0, 0.1) is 11.7 Å². The summed E-state index contributed by atoms with van der Waals surface area (Å²) >= 11 is 0. The number of hydrogen-bond acceptors (Lipinski definition) is 6. The van der Waals surface area contributed by atoms with Gasteiger partial charge in [0, 0.05) is 31.0 Å². The summed E-state index contributed by atoms with van der Waals surface area (Å²) in [6, 6.07) is 7.75. The molecule has 156 valence electrons. The van der Waals surface area contributed by atoms with E-state index in [1.807, 2.05) is 6.92 Å². The summed E-state index contributed by atoms with van der Waals surface area (Å²) in [5, 5.41) is 9.36. The van der Waals surface area contributed by atoms with Crippen molar-refractivity contribution in [2.24, 2.45) is 11.7 Å². The Labute approximate surface area is 171 Å². The molecule has 0 saturated carbocycles. The summed E-state index contributed by atoms with van der Waals surface area (Å²) in [4.78, 5) is 30.5. The number of benzene rings is 1. The number of ether oxygens (including phenoxy) is 1. The second-order valence-electron chi connectivity index (χ2n) is 7.46. The number of aromatic carboxylic acids is 1. The van der Waals surface area contributed by atoms with Gasteiger partial charge >= 0.3 is 5.97 Å². The Bertz CT molecular complexity index is 1180. The molecule has 1 aliphatic rings. The number of nitrogens with two attached hydrogens (primary N) is 1. The lowest BCUT2D eigenvalue weighted by atomic mass is 10.1. The molecule has 3 N–H and O–H groups in total. The minimum absolute atomic E-state index is 0.0898. The van der Waals surface area contributed by atoms with Gasteiger partial charge < -0.3 is 25.0 Å². The molecule has 1 fully saturated rings. The number of carboxylic acid groups (broad SMARTS) is 1. The molecule has 8 nitrogen and oxygen atoms in total. The highest BCUT2D eigenvalue weighted by molar-refractivity contribution is 5.92. The van der Waals surface area contributed by atoms with Gasteiger partial charge in [-0.1, -0.05) is 6.92 Å². The number of pyridine rings is 2. The van der Waals surface area contributed by atoms with Gasteiger partial charge in [0.15, 0.2) is 17.3 Å². The Hall–Kier alpha value is -3.46. The van der Waals surface area contributed by atoms with Crippen LogP contribution in [-0.2, 0) is 0 Å². The van der Waals surface area contributed by atoms with Crippen molar-refractivity contribution in [3.8, 4) is 11.4 Å². The van der Waals surface area contributed by atoms with Gasteiger partial charge in [-0.3, -0.25) is 4.79 Å². The molecule has 1 aliphatic heterocycles. The van der Waals surface area contributed by atoms with Gasteiger partial charge in [0.05, 0.1) is 12.5 Å². The number of nitrogens with zero attached hydrogens (tertiary/aromatic N) is 3. The fraction of sp³-hybridized carbons (Fsp3) is 0.286. The topological polar surface area (TPSA) is 111 Å². The largest absolute Gasteiger partial charge is 0.497 e. The first-order valence-electron chi connectivity index (χ1n) is 9.44. The van der Waals surface area contributed by atoms with Crippen LogP contribution in [0.25, 0.3) is 16.7 Å². The van der Waals surface area contributed by atoms with Crippen molar-refractivity contribution >= 4 is 22.8 Å². The van der Waals surface area contributed by atoms with Crippen LogP contribution >= 0.6 is 0 Å². The molecule has 0 unspecified atom stereocenters. The van der Waals surface area contributed by atoms with Crippen molar-refractivity contribution in [2.75, 3.05) is 25.1 Å². The molecule has 3 aromatic rings. The predicted octanol–water partition coefficient (Wildman–Crippen LogP) is 2.01. The van der Waals surface area contributed by atoms with Crippen LogP contribution in [0.2, 0.25) is 0 Å². The van der Waals surface area contributed by atoms with E-state index in [4.69, 9.17) is 10.5 Å². The lowest BCUT2D eigenvalue weighted by molar-refractivity contribution is 0.0695. The first kappa shape index (κ1) is 19.8. The summed E-state index contributed by atoms with van der Waals surface area (Å²) in [7, 11) is 1.53. The zero-order valence-corrected chi connectivity index (χ0v) is 16.5. The summed E-state index contributed by atoms with van der Waals surface area (Å²) in [5.41, 5.74) is 5.54. The fourth-order valence-electron chi connectivity index (χ4n) is 3.69. The van der Waals surface area contributed by atoms with E-state index < -0.39 is 22.8 Å². The molecule has 2 aromatic heterocycles. The van der Waals surface area contributed by atoms with Gasteiger partial charge in [-0.25, -0.2) is 14.2 Å². The van der Waals surface area contributed by atoms with E-state index in [2.05, 4.69) is 4.98 Å². The second kappa shape index (κ2) is 7.42. The highest BCUT2D eigenvalue weighted by atomic mass is 19.1. The van der Waals surface area contributed by atoms with Crippen LogP contribution in [0.4, 0.5) is 10.2 Å². The van der Waals surface area contributed by atoms with Crippen molar-refractivity contribution in [3.05, 3.63) is 58.1 Å². The standard InChI is InChI=1S/C21H21FN4O4/c1-11-8-25(10-17(11)23)20-16(22)7-14-18(27)15(21(28)29)9-26(19(14)24-20)12-3-5-13(30-2)6-4-12/h3-7,9,11,17H,8,10,23H2,1-2H3,(H,28,29)/t11-,17-/m1/s1. The number of fused-ring (bicyclic) bond motifs is 1. The lowest BCUT2D eigenvalue weighted by Crippen LogP contribution is -2.29. The third-order valence-electron chi connectivity index (χ3n) is 5.46. The molecule has 0 radical (unpaired) electrons. The number of methoxy groups -OCH3 is 1. The van der Waals surface area contributed by atoms with E-state index in [-0.39, 0.29) is 28.8 Å². The number of halogens is 1. The number of aromatic nitrogens is 2. The van der Waals surface area contributed by atoms with E-state index >= 15 is 0 Å². The van der Waals surface area contributed by atoms with Gasteiger partial charge in [-0.2, -0.15) is 0 Å². The summed E-state index contributed by atoms with van der Waals surface area (Å²) in [6.45, 7) is 2.96. The smallest absolute Gasteiger partial charge is 0.341 e. The Kier molecular flexibility index (Phi) is 4.90. The molecular formula is C21H21FN4O4. The Morgan fingerprint density at radius 1 is 1.30 bits per heavy atom. The molecular weight excluding hydrogens is 391 g/mol. The number of rotatable bonds is 4. The molecule has 0 amide bonds. The second-order valence-corrected chi connectivity index (χ2v) is 7.46. The van der Waals surface area contributed by atoms with Crippen LogP contribution in [-0.4, -0.2) is 46.9 Å². The zero-order chi connectivity index (χ0) is 21.6. The molecule has 0 bridgehead atoms. The van der Waals surface area contributed by atoms with E-state index in [9.17, 15) is 19.1 Å². The molecule has 1 saturated heterocycles. The molecule has 30 heavy (non-hydrogen) atoms. The first-order valence-corrected chi connectivity index (χ1v) is 9.44. The zero-order valence-electron chi connectivity index (χ0n) is 16.5. The third-order valence-corrected chi connectivity index (χ3v) is 5.46. The van der Waals surface area contributed by atoms with Gasteiger partial charge in [-0.15, -0.1) is 0 Å². The summed E-state index contributed by atoms with van der Waals surface area (Å²) in [5.74, 6) is -1.22. The molecule has 0 spiro atoms. The van der Waals surface area contributed by atoms with Crippen LogP contribution in [0.3, 0.4) is 0 Å². The molecule has 2 atom stereocenters. The van der Waals surface area contributed by atoms with Crippen molar-refractivity contribution in [3.63, 3.8) is 0 Å². The quantitative estimate of drug-likeness (QED) is 0.674. The Balaban J connectivity index is 1.98. The molecule has 3 heterocycles. The summed E-state index contributed by atoms with van der Waals surface area (Å²) < 4.78 is 21.5. The number of hydrogen-bond donors (Lipinski definition) is 2. The van der Waals surface area contributed by atoms with Crippen molar-refractivity contribution in [2.45, 2.75) is 13.0 Å². The minimum atomic E-state index is -1.40. The normalized spacial score (nSPS) is 18.7. The van der Waals surface area contributed by atoms with Gasteiger partial charge in [-0.05, 0) is 36.2 Å².